The van der Waals surface area contributed by atoms with E-state index in [1.807, 2.05) is 0 Å². The quantitative estimate of drug-likeness (QED) is 0.622. The Hall–Kier alpha value is -0.990. The van der Waals surface area contributed by atoms with E-state index in [2.05, 4.69) is 25.7 Å². The van der Waals surface area contributed by atoms with Crippen molar-refractivity contribution in [2.24, 2.45) is 5.92 Å². The van der Waals surface area contributed by atoms with E-state index < -0.39 is 0 Å². The zero-order valence-electron chi connectivity index (χ0n) is 10.2. The molecule has 3 aliphatic rings. The first-order valence-electron chi connectivity index (χ1n) is 5.69. The molecular formula is C12H19NO3. The van der Waals surface area contributed by atoms with Crippen LogP contribution in [0.2, 0.25) is 0 Å². The fourth-order valence-electron chi connectivity index (χ4n) is 2.71. The van der Waals surface area contributed by atoms with Crippen molar-refractivity contribution in [1.29, 1.82) is 0 Å². The summed E-state index contributed by atoms with van der Waals surface area (Å²) in [5.74, 6) is 1.13. The molecule has 0 aromatic carbocycles. The van der Waals surface area contributed by atoms with Crippen LogP contribution < -0.4 is 0 Å². The standard InChI is InChI=1S/C11H19NO.CO2/c1-11(2,3)12-7-8-4-5-9(12)10(13)6-8;2-1-3/h8-9H,4-7H2,1-3H3;. The third-order valence-corrected chi connectivity index (χ3v) is 3.40. The third-order valence-electron chi connectivity index (χ3n) is 3.40. The van der Waals surface area contributed by atoms with Gasteiger partial charge in [-0.15, -0.1) is 0 Å². The summed E-state index contributed by atoms with van der Waals surface area (Å²) in [5, 5.41) is 0. The van der Waals surface area contributed by atoms with Crippen molar-refractivity contribution < 1.29 is 14.4 Å². The van der Waals surface area contributed by atoms with Crippen LogP contribution in [0.3, 0.4) is 0 Å². The van der Waals surface area contributed by atoms with Crippen LogP contribution in [0, 0.1) is 5.92 Å². The number of fused-ring (bicyclic) bond motifs is 3. The fourth-order valence-corrected chi connectivity index (χ4v) is 2.71. The molecule has 4 nitrogen and oxygen atoms in total. The van der Waals surface area contributed by atoms with E-state index in [0.717, 1.165) is 19.4 Å². The monoisotopic (exact) mass is 225 g/mol. The highest BCUT2D eigenvalue weighted by Crippen LogP contribution is 2.36. The minimum absolute atomic E-state index is 0.166. The van der Waals surface area contributed by atoms with Crippen molar-refractivity contribution >= 4 is 11.9 Å². The Morgan fingerprint density at radius 2 is 1.81 bits per heavy atom. The Morgan fingerprint density at radius 1 is 1.25 bits per heavy atom. The average Bonchev–Trinajstić information content (AvgIpc) is 2.17. The third kappa shape index (κ3) is 2.77. The topological polar surface area (TPSA) is 54.5 Å². The van der Waals surface area contributed by atoms with E-state index in [-0.39, 0.29) is 17.7 Å². The normalized spacial score (nSPS) is 29.3. The summed E-state index contributed by atoms with van der Waals surface area (Å²) in [4.78, 5) is 30.3. The lowest BCUT2D eigenvalue weighted by atomic mass is 9.77. The van der Waals surface area contributed by atoms with Gasteiger partial charge in [-0.3, -0.25) is 9.69 Å². The van der Waals surface area contributed by atoms with Crippen LogP contribution in [0.5, 0.6) is 0 Å². The van der Waals surface area contributed by atoms with Gasteiger partial charge >= 0.3 is 6.15 Å². The Kier molecular flexibility index (Phi) is 4.00. The maximum absolute atomic E-state index is 11.7. The molecule has 16 heavy (non-hydrogen) atoms. The van der Waals surface area contributed by atoms with Gasteiger partial charge in [-0.2, -0.15) is 9.59 Å². The SMILES string of the molecule is CC(C)(C)N1CC2CCC1C(=O)C2.O=C=O. The van der Waals surface area contributed by atoms with Crippen molar-refractivity contribution in [2.75, 3.05) is 6.54 Å². The lowest BCUT2D eigenvalue weighted by Gasteiger charge is -2.50. The van der Waals surface area contributed by atoms with Gasteiger partial charge in [-0.25, -0.2) is 0 Å². The van der Waals surface area contributed by atoms with Crippen LogP contribution in [-0.4, -0.2) is 35.0 Å². The summed E-state index contributed by atoms with van der Waals surface area (Å²) in [6.07, 6.45) is 3.46. The number of ketones is 1. The molecule has 1 aliphatic carbocycles. The first-order valence-corrected chi connectivity index (χ1v) is 5.69. The molecule has 2 unspecified atom stereocenters. The summed E-state index contributed by atoms with van der Waals surface area (Å²) in [6, 6.07) is 0.241. The van der Waals surface area contributed by atoms with Crippen molar-refractivity contribution in [3.8, 4) is 0 Å². The maximum Gasteiger partial charge on any atom is 0.373 e. The number of Topliss-reactive ketones (excluding diaryl/α,β-unsaturated/α-hetero) is 1. The van der Waals surface area contributed by atoms with E-state index in [9.17, 15) is 4.79 Å². The molecule has 2 bridgehead atoms. The van der Waals surface area contributed by atoms with E-state index in [0.29, 0.717) is 11.7 Å². The molecule has 0 spiro atoms. The molecular weight excluding hydrogens is 206 g/mol. The van der Waals surface area contributed by atoms with Gasteiger partial charge in [0.1, 0.15) is 5.78 Å². The van der Waals surface area contributed by atoms with Gasteiger partial charge < -0.3 is 0 Å². The smallest absolute Gasteiger partial charge is 0.298 e. The molecule has 3 fully saturated rings. The molecule has 0 N–H and O–H groups in total. The Labute approximate surface area is 96.0 Å². The second kappa shape index (κ2) is 4.89. The van der Waals surface area contributed by atoms with Gasteiger partial charge in [0.05, 0.1) is 6.04 Å². The molecule has 2 aliphatic heterocycles. The molecule has 2 atom stereocenters. The van der Waals surface area contributed by atoms with Gasteiger partial charge in [0, 0.05) is 18.5 Å². The lowest BCUT2D eigenvalue weighted by Crippen LogP contribution is -2.60. The number of carbonyl (C=O) groups is 1. The average molecular weight is 225 g/mol. The molecule has 0 aromatic heterocycles. The predicted octanol–water partition coefficient (Wildman–Crippen LogP) is 1.25. The van der Waals surface area contributed by atoms with Gasteiger partial charge in [-0.1, -0.05) is 0 Å². The molecule has 2 heterocycles. The molecule has 2 saturated heterocycles. The van der Waals surface area contributed by atoms with Crippen molar-refractivity contribution in [3.63, 3.8) is 0 Å². The largest absolute Gasteiger partial charge is 0.373 e. The van der Waals surface area contributed by atoms with E-state index in [4.69, 9.17) is 9.59 Å². The summed E-state index contributed by atoms with van der Waals surface area (Å²) in [5.41, 5.74) is 0.166. The fraction of sp³-hybridized carbons (Fsp3) is 0.833. The van der Waals surface area contributed by atoms with Crippen LogP contribution in [0.15, 0.2) is 0 Å². The minimum atomic E-state index is 0.166. The first-order chi connectivity index (χ1) is 7.40. The highest BCUT2D eigenvalue weighted by molar-refractivity contribution is 5.85. The zero-order valence-corrected chi connectivity index (χ0v) is 10.2. The van der Waals surface area contributed by atoms with E-state index >= 15 is 0 Å². The maximum atomic E-state index is 11.7. The molecule has 0 amide bonds. The van der Waals surface area contributed by atoms with Crippen LogP contribution in [0.1, 0.15) is 40.0 Å². The number of piperidine rings is 2. The van der Waals surface area contributed by atoms with Gasteiger partial charge in [0.2, 0.25) is 0 Å². The molecule has 1 saturated carbocycles. The highest BCUT2D eigenvalue weighted by atomic mass is 16.2. The van der Waals surface area contributed by atoms with Gasteiger partial charge in [0.15, 0.2) is 0 Å². The first kappa shape index (κ1) is 13.1. The van der Waals surface area contributed by atoms with E-state index in [1.54, 1.807) is 0 Å². The van der Waals surface area contributed by atoms with Crippen LogP contribution in [0.4, 0.5) is 0 Å². The molecule has 90 valence electrons. The van der Waals surface area contributed by atoms with Crippen molar-refractivity contribution in [2.45, 2.75) is 51.6 Å². The number of rotatable bonds is 0. The van der Waals surface area contributed by atoms with Crippen LogP contribution in [-0.2, 0) is 14.4 Å². The summed E-state index contributed by atoms with van der Waals surface area (Å²) in [7, 11) is 0. The van der Waals surface area contributed by atoms with Crippen molar-refractivity contribution in [1.82, 2.24) is 4.90 Å². The highest BCUT2D eigenvalue weighted by Gasteiger charge is 2.43. The molecule has 3 rings (SSSR count). The van der Waals surface area contributed by atoms with Gasteiger partial charge in [-0.05, 0) is 39.5 Å². The number of hydrogen-bond acceptors (Lipinski definition) is 4. The van der Waals surface area contributed by atoms with Gasteiger partial charge in [0.25, 0.3) is 0 Å². The molecule has 0 radical (unpaired) electrons. The van der Waals surface area contributed by atoms with Crippen molar-refractivity contribution in [3.05, 3.63) is 0 Å². The van der Waals surface area contributed by atoms with Crippen LogP contribution >= 0.6 is 0 Å². The zero-order chi connectivity index (χ0) is 12.3. The minimum Gasteiger partial charge on any atom is -0.298 e. The number of nitrogens with zero attached hydrogens (tertiary/aromatic N) is 1. The van der Waals surface area contributed by atoms with Crippen LogP contribution in [0.25, 0.3) is 0 Å². The summed E-state index contributed by atoms with van der Waals surface area (Å²) in [6.45, 7) is 7.77. The van der Waals surface area contributed by atoms with E-state index in [1.165, 1.54) is 6.42 Å². The summed E-state index contributed by atoms with van der Waals surface area (Å²) >= 11 is 0. The number of hydrogen-bond donors (Lipinski definition) is 0. The number of carbonyl (C=O) groups excluding carboxylic acids is 3. The molecule has 4 heteroatoms. The Balaban J connectivity index is 0.000000386. The predicted molar refractivity (Wildman–Crippen MR) is 57.6 cm³/mol. The second-order valence-electron chi connectivity index (χ2n) is 5.54. The molecule has 0 aromatic rings. The Bertz CT molecular complexity index is 300. The second-order valence-corrected chi connectivity index (χ2v) is 5.54. The summed E-state index contributed by atoms with van der Waals surface area (Å²) < 4.78 is 0. The lowest BCUT2D eigenvalue weighted by molar-refractivity contribution is -0.191. The Morgan fingerprint density at radius 3 is 2.12 bits per heavy atom.